The molecular formula is C5H8F5NS. The Balaban J connectivity index is 3.12. The van der Waals surface area contributed by atoms with Crippen LogP contribution in [0.1, 0.15) is 0 Å². The molecule has 0 aliphatic carbocycles. The average Bonchev–Trinajstić information content (AvgIpc) is 1.83. The fraction of sp³-hybridized carbons (Fsp3) is 1.00. The average molecular weight is 209 g/mol. The summed E-state index contributed by atoms with van der Waals surface area (Å²) in [6.45, 7) is -0.618. The lowest BCUT2D eigenvalue weighted by molar-refractivity contribution is -0.0327. The molecule has 0 aliphatic rings. The SMILES string of the molecule is FC(F)CNCCSC(F)(F)F. The van der Waals surface area contributed by atoms with Crippen LogP contribution in [0.25, 0.3) is 0 Å². The Bertz CT molecular complexity index is 115. The lowest BCUT2D eigenvalue weighted by atomic mass is 10.6. The van der Waals surface area contributed by atoms with Crippen LogP contribution < -0.4 is 5.32 Å². The molecule has 0 aromatic rings. The molecule has 1 N–H and O–H groups in total. The van der Waals surface area contributed by atoms with Crippen LogP contribution in [0.3, 0.4) is 0 Å². The van der Waals surface area contributed by atoms with Gasteiger partial charge in [0.05, 0.1) is 6.54 Å². The number of halogens is 5. The van der Waals surface area contributed by atoms with Crippen molar-refractivity contribution >= 4 is 11.8 Å². The molecule has 0 fully saturated rings. The van der Waals surface area contributed by atoms with Gasteiger partial charge >= 0.3 is 5.51 Å². The molecule has 0 saturated carbocycles. The van der Waals surface area contributed by atoms with Gasteiger partial charge in [0.2, 0.25) is 0 Å². The zero-order chi connectivity index (χ0) is 9.61. The third kappa shape index (κ3) is 9.96. The second-order valence-electron chi connectivity index (χ2n) is 1.89. The molecule has 0 bridgehead atoms. The number of nitrogens with one attached hydrogen (secondary N) is 1. The van der Waals surface area contributed by atoms with E-state index in [-0.39, 0.29) is 24.1 Å². The Labute approximate surface area is 70.7 Å². The highest BCUT2D eigenvalue weighted by molar-refractivity contribution is 8.00. The fourth-order valence-electron chi connectivity index (χ4n) is 0.450. The number of hydrogen-bond donors (Lipinski definition) is 1. The first kappa shape index (κ1) is 12.0. The highest BCUT2D eigenvalue weighted by atomic mass is 32.2. The van der Waals surface area contributed by atoms with Gasteiger partial charge < -0.3 is 5.32 Å². The summed E-state index contributed by atoms with van der Waals surface area (Å²) in [5.41, 5.74) is -4.27. The summed E-state index contributed by atoms with van der Waals surface area (Å²) in [7, 11) is 0. The number of thioether (sulfide) groups is 1. The molecule has 0 aromatic carbocycles. The molecule has 0 amide bonds. The summed E-state index contributed by atoms with van der Waals surface area (Å²) < 4.78 is 57.1. The van der Waals surface area contributed by atoms with Crippen molar-refractivity contribution in [3.8, 4) is 0 Å². The van der Waals surface area contributed by atoms with Gasteiger partial charge in [-0.3, -0.25) is 0 Å². The highest BCUT2D eigenvalue weighted by Gasteiger charge is 2.27. The van der Waals surface area contributed by atoms with Crippen molar-refractivity contribution in [1.29, 1.82) is 0 Å². The van der Waals surface area contributed by atoms with E-state index in [4.69, 9.17) is 0 Å². The van der Waals surface area contributed by atoms with Crippen molar-refractivity contribution in [3.63, 3.8) is 0 Å². The Morgan fingerprint density at radius 1 is 1.25 bits per heavy atom. The van der Waals surface area contributed by atoms with Crippen LogP contribution in [0.15, 0.2) is 0 Å². The zero-order valence-electron chi connectivity index (χ0n) is 6.00. The van der Waals surface area contributed by atoms with Gasteiger partial charge in [0.25, 0.3) is 6.43 Å². The Morgan fingerprint density at radius 2 is 1.83 bits per heavy atom. The van der Waals surface area contributed by atoms with Crippen LogP contribution in [-0.4, -0.2) is 30.8 Å². The van der Waals surface area contributed by atoms with E-state index in [1.54, 1.807) is 0 Å². The van der Waals surface area contributed by atoms with Crippen molar-refractivity contribution in [1.82, 2.24) is 5.32 Å². The third-order valence-electron chi connectivity index (χ3n) is 0.843. The summed E-state index contributed by atoms with van der Waals surface area (Å²) in [6.07, 6.45) is -2.51. The maximum Gasteiger partial charge on any atom is 0.441 e. The highest BCUT2D eigenvalue weighted by Crippen LogP contribution is 2.29. The van der Waals surface area contributed by atoms with Gasteiger partial charge in [0.1, 0.15) is 0 Å². The molecular weight excluding hydrogens is 201 g/mol. The summed E-state index contributed by atoms with van der Waals surface area (Å²) in [4.78, 5) is 0. The molecule has 12 heavy (non-hydrogen) atoms. The van der Waals surface area contributed by atoms with Gasteiger partial charge in [-0.15, -0.1) is 0 Å². The van der Waals surface area contributed by atoms with Crippen LogP contribution in [0.5, 0.6) is 0 Å². The molecule has 7 heteroatoms. The molecule has 74 valence electrons. The predicted molar refractivity (Wildman–Crippen MR) is 37.4 cm³/mol. The smallest absolute Gasteiger partial charge is 0.311 e. The standard InChI is InChI=1S/C5H8F5NS/c6-4(7)3-11-1-2-12-5(8,9)10/h4,11H,1-3H2. The maximum absolute atomic E-state index is 11.4. The summed E-state index contributed by atoms with van der Waals surface area (Å²) in [6, 6.07) is 0. The second kappa shape index (κ2) is 5.58. The van der Waals surface area contributed by atoms with Gasteiger partial charge in [-0.05, 0) is 11.8 Å². The van der Waals surface area contributed by atoms with E-state index < -0.39 is 18.5 Å². The van der Waals surface area contributed by atoms with E-state index in [1.165, 1.54) is 0 Å². The minimum absolute atomic E-state index is 0.0610. The van der Waals surface area contributed by atoms with Crippen LogP contribution in [0, 0.1) is 0 Å². The normalized spacial score (nSPS) is 12.5. The van der Waals surface area contributed by atoms with Crippen LogP contribution in [0.2, 0.25) is 0 Å². The van der Waals surface area contributed by atoms with Gasteiger partial charge in [-0.2, -0.15) is 13.2 Å². The number of hydrogen-bond acceptors (Lipinski definition) is 2. The largest absolute Gasteiger partial charge is 0.441 e. The third-order valence-corrected chi connectivity index (χ3v) is 1.58. The monoisotopic (exact) mass is 209 g/mol. The number of rotatable bonds is 5. The van der Waals surface area contributed by atoms with Crippen molar-refractivity contribution in [3.05, 3.63) is 0 Å². The molecule has 0 saturated heterocycles. The number of alkyl halides is 5. The molecule has 0 aromatic heterocycles. The first-order valence-corrected chi connectivity index (χ1v) is 4.10. The molecule has 0 spiro atoms. The van der Waals surface area contributed by atoms with Crippen LogP contribution in [-0.2, 0) is 0 Å². The van der Waals surface area contributed by atoms with E-state index in [2.05, 4.69) is 5.32 Å². The summed E-state index contributed by atoms with van der Waals surface area (Å²) in [5, 5.41) is 2.19. The first-order chi connectivity index (χ1) is 5.42. The van der Waals surface area contributed by atoms with Gasteiger partial charge in [-0.1, -0.05) is 0 Å². The van der Waals surface area contributed by atoms with Gasteiger partial charge in [0.15, 0.2) is 0 Å². The Hall–Kier alpha value is -0.0400. The lowest BCUT2D eigenvalue weighted by Gasteiger charge is -2.05. The Kier molecular flexibility index (Phi) is 5.56. The van der Waals surface area contributed by atoms with Gasteiger partial charge in [0, 0.05) is 12.3 Å². The van der Waals surface area contributed by atoms with E-state index in [1.807, 2.05) is 0 Å². The van der Waals surface area contributed by atoms with E-state index in [0.717, 1.165) is 0 Å². The van der Waals surface area contributed by atoms with E-state index in [9.17, 15) is 22.0 Å². The zero-order valence-corrected chi connectivity index (χ0v) is 6.81. The minimum atomic E-state index is -4.27. The lowest BCUT2D eigenvalue weighted by Crippen LogP contribution is -2.24. The van der Waals surface area contributed by atoms with Crippen LogP contribution in [0.4, 0.5) is 22.0 Å². The molecule has 0 rings (SSSR count). The van der Waals surface area contributed by atoms with Crippen molar-refractivity contribution in [2.24, 2.45) is 0 Å². The van der Waals surface area contributed by atoms with E-state index in [0.29, 0.717) is 0 Å². The van der Waals surface area contributed by atoms with Crippen molar-refractivity contribution in [2.45, 2.75) is 11.9 Å². The van der Waals surface area contributed by atoms with Crippen molar-refractivity contribution < 1.29 is 22.0 Å². The van der Waals surface area contributed by atoms with Crippen LogP contribution >= 0.6 is 11.8 Å². The minimum Gasteiger partial charge on any atom is -0.311 e. The molecule has 1 nitrogen and oxygen atoms in total. The van der Waals surface area contributed by atoms with E-state index >= 15 is 0 Å². The fourth-order valence-corrected chi connectivity index (χ4v) is 0.928. The quantitative estimate of drug-likeness (QED) is 0.549. The summed E-state index contributed by atoms with van der Waals surface area (Å²) >= 11 is -0.222. The second-order valence-corrected chi connectivity index (χ2v) is 3.05. The predicted octanol–water partition coefficient (Wildman–Crippen LogP) is 2.09. The maximum atomic E-state index is 11.4. The molecule has 0 aliphatic heterocycles. The summed E-state index contributed by atoms with van der Waals surface area (Å²) in [5.74, 6) is -0.240. The molecule has 0 unspecified atom stereocenters. The molecule has 0 radical (unpaired) electrons. The van der Waals surface area contributed by atoms with Gasteiger partial charge in [-0.25, -0.2) is 8.78 Å². The first-order valence-electron chi connectivity index (χ1n) is 3.11. The topological polar surface area (TPSA) is 12.0 Å². The Morgan fingerprint density at radius 3 is 2.25 bits per heavy atom. The molecule has 0 heterocycles. The van der Waals surface area contributed by atoms with Crippen molar-refractivity contribution in [2.75, 3.05) is 18.8 Å². The molecule has 0 atom stereocenters.